The van der Waals surface area contributed by atoms with Gasteiger partial charge in [0.05, 0.1) is 28.2 Å². The highest BCUT2D eigenvalue weighted by Gasteiger charge is 2.36. The predicted molar refractivity (Wildman–Crippen MR) is 112 cm³/mol. The van der Waals surface area contributed by atoms with Gasteiger partial charge in [-0.1, -0.05) is 12.2 Å². The van der Waals surface area contributed by atoms with Crippen molar-refractivity contribution in [3.8, 4) is 0 Å². The van der Waals surface area contributed by atoms with E-state index in [1.807, 2.05) is 21.6 Å². The van der Waals surface area contributed by atoms with Gasteiger partial charge in [0.2, 0.25) is 5.43 Å². The Labute approximate surface area is 171 Å². The number of carbonyl (C=O) groups excluding carboxylic acids is 1. The molecular weight excluding hydrogens is 393 g/mol. The highest BCUT2D eigenvalue weighted by molar-refractivity contribution is 7.99. The van der Waals surface area contributed by atoms with E-state index in [-0.39, 0.29) is 29.6 Å². The second kappa shape index (κ2) is 6.88. The molecule has 0 aliphatic carbocycles. The van der Waals surface area contributed by atoms with Crippen LogP contribution < -0.4 is 16.1 Å². The largest absolute Gasteiger partial charge is 0.462 e. The topological polar surface area (TPSA) is 77.6 Å². The highest BCUT2D eigenvalue weighted by atomic mass is 32.2. The molecule has 0 saturated carbocycles. The molecule has 2 aromatic rings. The summed E-state index contributed by atoms with van der Waals surface area (Å²) in [5, 5.41) is 0.837. The minimum absolute atomic E-state index is 0.00429. The lowest BCUT2D eigenvalue weighted by Crippen LogP contribution is -2.31. The van der Waals surface area contributed by atoms with E-state index in [4.69, 9.17) is 10.5 Å². The zero-order valence-corrected chi connectivity index (χ0v) is 16.9. The number of aryl methyl sites for hydroxylation is 1. The van der Waals surface area contributed by atoms with Crippen LogP contribution in [-0.4, -0.2) is 41.5 Å². The number of anilines is 1. The van der Waals surface area contributed by atoms with Crippen LogP contribution in [0.4, 0.5) is 10.1 Å². The van der Waals surface area contributed by atoms with E-state index < -0.39 is 17.2 Å². The van der Waals surface area contributed by atoms with Crippen LogP contribution in [0, 0.1) is 5.82 Å². The number of halogens is 1. The van der Waals surface area contributed by atoms with E-state index in [2.05, 4.69) is 0 Å². The van der Waals surface area contributed by atoms with Gasteiger partial charge in [-0.15, -0.1) is 11.8 Å². The Hall–Kier alpha value is -2.32. The number of esters is 1. The number of pyridine rings is 1. The Kier molecular flexibility index (Phi) is 4.43. The number of benzene rings is 1. The van der Waals surface area contributed by atoms with Gasteiger partial charge in [-0.3, -0.25) is 4.79 Å². The third-order valence-electron chi connectivity index (χ3n) is 5.92. The van der Waals surface area contributed by atoms with Crippen molar-refractivity contribution in [2.45, 2.75) is 43.4 Å². The van der Waals surface area contributed by atoms with Gasteiger partial charge in [0.15, 0.2) is 0 Å². The highest BCUT2D eigenvalue weighted by Crippen LogP contribution is 2.41. The molecule has 0 radical (unpaired) electrons. The third-order valence-corrected chi connectivity index (χ3v) is 7.01. The number of aromatic nitrogens is 1. The summed E-state index contributed by atoms with van der Waals surface area (Å²) in [6.07, 6.45) is 5.57. The molecule has 1 aromatic carbocycles. The van der Waals surface area contributed by atoms with Gasteiger partial charge >= 0.3 is 5.97 Å². The summed E-state index contributed by atoms with van der Waals surface area (Å²) in [6, 6.07) is 1.45. The Balaban J connectivity index is 1.85. The van der Waals surface area contributed by atoms with Crippen LogP contribution >= 0.6 is 11.8 Å². The standard InChI is InChI=1S/C21H22FN3O3S/c1-2-28-21(27)16-19(26)14-9-15(22)18-13(17(14)24-6-7-29-20(16)24)5-3-4-12-8-11(23)10-25(12)18/h3,5,9,11-12H,2,4,6-8,10,23H2,1H3. The molecule has 2 unspecified atom stereocenters. The predicted octanol–water partition coefficient (Wildman–Crippen LogP) is 2.75. The molecular formula is C21H22FN3O3S. The number of fused-ring (bicyclic) bond motifs is 7. The SMILES string of the molecule is CCOC(=O)c1c2n(c3c4c(c(F)cc3c1=O)N1CC(N)CC1CC=C4)CCS2. The summed E-state index contributed by atoms with van der Waals surface area (Å²) < 4.78 is 22.5. The van der Waals surface area contributed by atoms with E-state index in [0.717, 1.165) is 18.6 Å². The molecule has 8 heteroatoms. The van der Waals surface area contributed by atoms with Crippen molar-refractivity contribution in [3.63, 3.8) is 0 Å². The van der Waals surface area contributed by atoms with Crippen LogP contribution in [0.2, 0.25) is 0 Å². The maximum atomic E-state index is 15.4. The molecule has 0 spiro atoms. The fraction of sp³-hybridized carbons (Fsp3) is 0.429. The Morgan fingerprint density at radius 1 is 1.45 bits per heavy atom. The summed E-state index contributed by atoms with van der Waals surface area (Å²) in [5.74, 6) is -0.344. The van der Waals surface area contributed by atoms with Crippen molar-refractivity contribution in [1.29, 1.82) is 0 Å². The zero-order chi connectivity index (χ0) is 20.3. The fourth-order valence-corrected chi connectivity index (χ4v) is 5.93. The van der Waals surface area contributed by atoms with Crippen LogP contribution in [0.15, 0.2) is 22.0 Å². The average molecular weight is 415 g/mol. The molecule has 0 amide bonds. The van der Waals surface area contributed by atoms with Crippen LogP contribution in [0.1, 0.15) is 35.7 Å². The first-order valence-corrected chi connectivity index (χ1v) is 10.9. The maximum absolute atomic E-state index is 15.4. The van der Waals surface area contributed by atoms with Crippen molar-refractivity contribution >= 4 is 40.4 Å². The van der Waals surface area contributed by atoms with Crippen molar-refractivity contribution in [1.82, 2.24) is 4.57 Å². The van der Waals surface area contributed by atoms with Gasteiger partial charge in [-0.2, -0.15) is 0 Å². The molecule has 152 valence electrons. The quantitative estimate of drug-likeness (QED) is 0.760. The second-order valence-electron chi connectivity index (χ2n) is 7.69. The summed E-state index contributed by atoms with van der Waals surface area (Å²) in [5.41, 5.74) is 7.62. The van der Waals surface area contributed by atoms with Gasteiger partial charge in [0, 0.05) is 36.5 Å². The average Bonchev–Trinajstić information content (AvgIpc) is 3.24. The molecule has 2 atom stereocenters. The van der Waals surface area contributed by atoms with Gasteiger partial charge in [-0.25, -0.2) is 9.18 Å². The van der Waals surface area contributed by atoms with Crippen LogP contribution in [-0.2, 0) is 11.3 Å². The van der Waals surface area contributed by atoms with Gasteiger partial charge < -0.3 is 19.9 Å². The van der Waals surface area contributed by atoms with Crippen molar-refractivity contribution in [3.05, 3.63) is 39.3 Å². The Morgan fingerprint density at radius 2 is 2.28 bits per heavy atom. The maximum Gasteiger partial charge on any atom is 0.344 e. The van der Waals surface area contributed by atoms with E-state index in [0.29, 0.717) is 34.9 Å². The van der Waals surface area contributed by atoms with Crippen LogP contribution in [0.3, 0.4) is 0 Å². The normalized spacial score (nSPS) is 22.4. The molecule has 4 heterocycles. The zero-order valence-electron chi connectivity index (χ0n) is 16.1. The number of hydrogen-bond acceptors (Lipinski definition) is 6. The number of carbonyl (C=O) groups is 1. The van der Waals surface area contributed by atoms with E-state index >= 15 is 4.39 Å². The number of nitrogens with zero attached hydrogens (tertiary/aromatic N) is 2. The van der Waals surface area contributed by atoms with Crippen LogP contribution in [0.25, 0.3) is 17.0 Å². The van der Waals surface area contributed by atoms with Gasteiger partial charge in [-0.05, 0) is 25.8 Å². The smallest absolute Gasteiger partial charge is 0.344 e. The van der Waals surface area contributed by atoms with Crippen molar-refractivity contribution < 1.29 is 13.9 Å². The first kappa shape index (κ1) is 18.7. The molecule has 1 fully saturated rings. The molecule has 6 nitrogen and oxygen atoms in total. The Bertz CT molecular complexity index is 1130. The number of nitrogens with two attached hydrogens (primary N) is 1. The van der Waals surface area contributed by atoms with Gasteiger partial charge in [0.1, 0.15) is 11.4 Å². The summed E-state index contributed by atoms with van der Waals surface area (Å²) in [7, 11) is 0. The summed E-state index contributed by atoms with van der Waals surface area (Å²) in [6.45, 7) is 3.12. The first-order chi connectivity index (χ1) is 14.0. The summed E-state index contributed by atoms with van der Waals surface area (Å²) >= 11 is 1.47. The molecule has 29 heavy (non-hydrogen) atoms. The van der Waals surface area contributed by atoms with Crippen molar-refractivity contribution in [2.24, 2.45) is 5.73 Å². The number of ether oxygens (including phenoxy) is 1. The third kappa shape index (κ3) is 2.73. The summed E-state index contributed by atoms with van der Waals surface area (Å²) in [4.78, 5) is 27.8. The second-order valence-corrected chi connectivity index (χ2v) is 8.77. The molecule has 1 saturated heterocycles. The Morgan fingerprint density at radius 3 is 3.07 bits per heavy atom. The lowest BCUT2D eigenvalue weighted by Gasteiger charge is -2.27. The molecule has 3 aliphatic rings. The minimum Gasteiger partial charge on any atom is -0.462 e. The van der Waals surface area contributed by atoms with E-state index in [1.165, 1.54) is 17.8 Å². The fourth-order valence-electron chi connectivity index (χ4n) is 4.80. The molecule has 3 aliphatic heterocycles. The number of rotatable bonds is 2. The number of hydrogen-bond donors (Lipinski definition) is 1. The van der Waals surface area contributed by atoms with E-state index in [9.17, 15) is 9.59 Å². The monoisotopic (exact) mass is 415 g/mol. The van der Waals surface area contributed by atoms with E-state index in [1.54, 1.807) is 6.92 Å². The molecule has 0 bridgehead atoms. The molecule has 5 rings (SSSR count). The molecule has 1 aromatic heterocycles. The minimum atomic E-state index is -0.644. The van der Waals surface area contributed by atoms with Crippen molar-refractivity contribution in [2.75, 3.05) is 23.8 Å². The lowest BCUT2D eigenvalue weighted by molar-refractivity contribution is 0.0519. The van der Waals surface area contributed by atoms with Crippen LogP contribution in [0.5, 0.6) is 0 Å². The lowest BCUT2D eigenvalue weighted by atomic mass is 10.0. The van der Waals surface area contributed by atoms with Gasteiger partial charge in [0.25, 0.3) is 0 Å². The first-order valence-electron chi connectivity index (χ1n) is 9.93. The molecule has 2 N–H and O–H groups in total. The number of thioether (sulfide) groups is 1.